The molecule has 0 aromatic heterocycles. The number of para-hydroxylation sites is 1. The zero-order valence-electron chi connectivity index (χ0n) is 19.4. The lowest BCUT2D eigenvalue weighted by molar-refractivity contribution is -0.138. The van der Waals surface area contributed by atoms with Crippen molar-refractivity contribution >= 4 is 33.3 Å². The van der Waals surface area contributed by atoms with Crippen LogP contribution in [0.15, 0.2) is 54.6 Å². The Morgan fingerprint density at radius 2 is 1.76 bits per heavy atom. The minimum Gasteiger partial charge on any atom is -0.452 e. The number of hydrogen-bond donors (Lipinski definition) is 1. The Labute approximate surface area is 200 Å². The summed E-state index contributed by atoms with van der Waals surface area (Å²) in [4.78, 5) is 39.7. The Morgan fingerprint density at radius 3 is 2.41 bits per heavy atom. The zero-order chi connectivity index (χ0) is 24.7. The van der Waals surface area contributed by atoms with E-state index in [4.69, 9.17) is 4.74 Å². The summed E-state index contributed by atoms with van der Waals surface area (Å²) in [7, 11) is -3.17. The summed E-state index contributed by atoms with van der Waals surface area (Å²) in [5.41, 5.74) is 1.27. The summed E-state index contributed by atoms with van der Waals surface area (Å²) in [6, 6.07) is 15.0. The van der Waals surface area contributed by atoms with Gasteiger partial charge in [0.25, 0.3) is 5.91 Å². The van der Waals surface area contributed by atoms with Crippen LogP contribution in [0.5, 0.6) is 0 Å². The lowest BCUT2D eigenvalue weighted by Gasteiger charge is -2.33. The number of nitrogens with one attached hydrogen (secondary N) is 1. The summed E-state index contributed by atoms with van der Waals surface area (Å²) >= 11 is 0. The van der Waals surface area contributed by atoms with Crippen LogP contribution in [0.1, 0.15) is 42.6 Å². The van der Waals surface area contributed by atoms with E-state index in [-0.39, 0.29) is 35.4 Å². The molecule has 8 nitrogen and oxygen atoms in total. The predicted octanol–water partition coefficient (Wildman–Crippen LogP) is 2.84. The average Bonchev–Trinajstić information content (AvgIpc) is 3.17. The van der Waals surface area contributed by atoms with Crippen molar-refractivity contribution in [2.24, 2.45) is 0 Å². The second-order valence-electron chi connectivity index (χ2n) is 8.45. The lowest BCUT2D eigenvalue weighted by atomic mass is 10.1. The van der Waals surface area contributed by atoms with Crippen LogP contribution in [0, 0.1) is 0 Å². The lowest BCUT2D eigenvalue weighted by Crippen LogP contribution is -2.48. The first-order chi connectivity index (χ1) is 16.2. The third kappa shape index (κ3) is 6.66. The second-order valence-corrected chi connectivity index (χ2v) is 10.7. The van der Waals surface area contributed by atoms with E-state index in [1.165, 1.54) is 11.0 Å². The van der Waals surface area contributed by atoms with Gasteiger partial charge in [0.2, 0.25) is 5.91 Å². The molecule has 0 unspecified atom stereocenters. The molecular formula is C25H30N2O6S. The molecule has 9 heteroatoms. The molecule has 2 aromatic rings. The highest BCUT2D eigenvalue weighted by molar-refractivity contribution is 7.91. The second kappa shape index (κ2) is 11.3. The molecule has 2 amide bonds. The summed E-state index contributed by atoms with van der Waals surface area (Å²) in [6.07, 6.45) is 1.17. The normalized spacial score (nSPS) is 17.5. The fourth-order valence-corrected chi connectivity index (χ4v) is 5.74. The van der Waals surface area contributed by atoms with E-state index in [1.54, 1.807) is 18.2 Å². The maximum absolute atomic E-state index is 12.9. The third-order valence-corrected chi connectivity index (χ3v) is 7.66. The van der Waals surface area contributed by atoms with Gasteiger partial charge in [-0.05, 0) is 37.5 Å². The van der Waals surface area contributed by atoms with Crippen LogP contribution in [-0.4, -0.2) is 61.3 Å². The van der Waals surface area contributed by atoms with Crippen molar-refractivity contribution < 1.29 is 27.5 Å². The van der Waals surface area contributed by atoms with Crippen molar-refractivity contribution in [3.63, 3.8) is 0 Å². The van der Waals surface area contributed by atoms with E-state index in [9.17, 15) is 22.8 Å². The number of nitrogens with zero attached hydrogens (tertiary/aromatic N) is 1. The standard InChI is InChI=1S/C25H30N2O6S/c1-3-18(2)27(20-13-14-34(31,32)17-20)24(29)16-33-25(30)21-11-7-8-12-22(21)26-23(28)15-19-9-5-4-6-10-19/h4-12,18,20H,3,13-17H2,1-2H3,(H,26,28)/t18-,20-/m1/s1. The van der Waals surface area contributed by atoms with Crippen LogP contribution in [0.2, 0.25) is 0 Å². The monoisotopic (exact) mass is 486 g/mol. The highest BCUT2D eigenvalue weighted by Crippen LogP contribution is 2.22. The van der Waals surface area contributed by atoms with E-state index in [1.807, 2.05) is 44.2 Å². The minimum absolute atomic E-state index is 0.0493. The molecule has 0 aliphatic carbocycles. The van der Waals surface area contributed by atoms with Crippen LogP contribution in [0.3, 0.4) is 0 Å². The number of ether oxygens (including phenoxy) is 1. The minimum atomic E-state index is -3.17. The van der Waals surface area contributed by atoms with E-state index in [0.29, 0.717) is 18.5 Å². The molecular weight excluding hydrogens is 456 g/mol. The van der Waals surface area contributed by atoms with E-state index < -0.39 is 34.4 Å². The molecule has 1 heterocycles. The van der Waals surface area contributed by atoms with Gasteiger partial charge in [0, 0.05) is 12.1 Å². The Kier molecular flexibility index (Phi) is 8.44. The highest BCUT2D eigenvalue weighted by Gasteiger charge is 2.36. The molecule has 0 radical (unpaired) electrons. The molecule has 1 N–H and O–H groups in total. The average molecular weight is 487 g/mol. The molecule has 2 aromatic carbocycles. The van der Waals surface area contributed by atoms with Crippen LogP contribution >= 0.6 is 0 Å². The van der Waals surface area contributed by atoms with Crippen molar-refractivity contribution in [1.29, 1.82) is 0 Å². The predicted molar refractivity (Wildman–Crippen MR) is 129 cm³/mol. The van der Waals surface area contributed by atoms with Crippen molar-refractivity contribution in [2.45, 2.75) is 45.2 Å². The molecule has 0 bridgehead atoms. The Hall–Kier alpha value is -3.20. The van der Waals surface area contributed by atoms with Gasteiger partial charge in [0.1, 0.15) is 0 Å². The van der Waals surface area contributed by atoms with Gasteiger partial charge in [-0.3, -0.25) is 9.59 Å². The molecule has 1 saturated heterocycles. The third-order valence-electron chi connectivity index (χ3n) is 5.91. The topological polar surface area (TPSA) is 110 Å². The summed E-state index contributed by atoms with van der Waals surface area (Å²) in [6.45, 7) is 3.25. The molecule has 0 saturated carbocycles. The summed E-state index contributed by atoms with van der Waals surface area (Å²) in [5, 5.41) is 2.73. The number of sulfone groups is 1. The molecule has 34 heavy (non-hydrogen) atoms. The van der Waals surface area contributed by atoms with Crippen LogP contribution < -0.4 is 5.32 Å². The fourth-order valence-electron chi connectivity index (χ4n) is 4.03. The first kappa shape index (κ1) is 25.4. The van der Waals surface area contributed by atoms with Gasteiger partial charge in [-0.2, -0.15) is 0 Å². The van der Waals surface area contributed by atoms with Gasteiger partial charge in [-0.1, -0.05) is 49.4 Å². The molecule has 182 valence electrons. The highest BCUT2D eigenvalue weighted by atomic mass is 32.2. The van der Waals surface area contributed by atoms with Gasteiger partial charge < -0.3 is 15.0 Å². The maximum atomic E-state index is 12.9. The van der Waals surface area contributed by atoms with Crippen LogP contribution in [0.4, 0.5) is 5.69 Å². The molecule has 1 aliphatic rings. The van der Waals surface area contributed by atoms with Crippen molar-refractivity contribution in [2.75, 3.05) is 23.4 Å². The number of benzene rings is 2. The number of carbonyl (C=O) groups is 3. The number of carbonyl (C=O) groups excluding carboxylic acids is 3. The summed E-state index contributed by atoms with van der Waals surface area (Å²) in [5.74, 6) is -1.49. The molecule has 1 aliphatic heterocycles. The van der Waals surface area contributed by atoms with Crippen LogP contribution in [-0.2, 0) is 30.6 Å². The Balaban J connectivity index is 1.65. The van der Waals surface area contributed by atoms with Crippen molar-refractivity contribution in [3.8, 4) is 0 Å². The number of esters is 1. The largest absolute Gasteiger partial charge is 0.452 e. The smallest absolute Gasteiger partial charge is 0.340 e. The van der Waals surface area contributed by atoms with E-state index >= 15 is 0 Å². The zero-order valence-corrected chi connectivity index (χ0v) is 20.2. The van der Waals surface area contributed by atoms with E-state index in [2.05, 4.69) is 5.32 Å². The van der Waals surface area contributed by atoms with Gasteiger partial charge in [-0.15, -0.1) is 0 Å². The van der Waals surface area contributed by atoms with E-state index in [0.717, 1.165) is 5.56 Å². The quantitative estimate of drug-likeness (QED) is 0.546. The van der Waals surface area contributed by atoms with Gasteiger partial charge >= 0.3 is 5.97 Å². The fraction of sp³-hybridized carbons (Fsp3) is 0.400. The van der Waals surface area contributed by atoms with Crippen molar-refractivity contribution in [1.82, 2.24) is 4.90 Å². The summed E-state index contributed by atoms with van der Waals surface area (Å²) < 4.78 is 29.1. The number of amides is 2. The SMILES string of the molecule is CC[C@@H](C)N(C(=O)COC(=O)c1ccccc1NC(=O)Cc1ccccc1)[C@@H]1CCS(=O)(=O)C1. The first-order valence-electron chi connectivity index (χ1n) is 11.3. The van der Waals surface area contributed by atoms with Crippen molar-refractivity contribution in [3.05, 3.63) is 65.7 Å². The Bertz CT molecular complexity index is 1130. The molecule has 2 atom stereocenters. The van der Waals surface area contributed by atoms with Gasteiger partial charge in [0.15, 0.2) is 16.4 Å². The van der Waals surface area contributed by atoms with Gasteiger partial charge in [0.05, 0.1) is 29.2 Å². The number of rotatable bonds is 9. The number of anilines is 1. The maximum Gasteiger partial charge on any atom is 0.340 e. The molecule has 0 spiro atoms. The number of hydrogen-bond acceptors (Lipinski definition) is 6. The van der Waals surface area contributed by atoms with Crippen LogP contribution in [0.25, 0.3) is 0 Å². The Morgan fingerprint density at radius 1 is 1.09 bits per heavy atom. The first-order valence-corrected chi connectivity index (χ1v) is 13.1. The molecule has 1 fully saturated rings. The van der Waals surface area contributed by atoms with Gasteiger partial charge in [-0.25, -0.2) is 13.2 Å². The molecule has 3 rings (SSSR count).